The van der Waals surface area contributed by atoms with Gasteiger partial charge in [-0.05, 0) is 79.4 Å². The zero-order valence-corrected chi connectivity index (χ0v) is 16.5. The van der Waals surface area contributed by atoms with E-state index in [9.17, 15) is 9.90 Å². The fourth-order valence-electron chi connectivity index (χ4n) is 8.08. The van der Waals surface area contributed by atoms with Crippen molar-refractivity contribution in [3.63, 3.8) is 0 Å². The molecule has 3 nitrogen and oxygen atoms in total. The van der Waals surface area contributed by atoms with Crippen molar-refractivity contribution in [1.82, 2.24) is 0 Å². The summed E-state index contributed by atoms with van der Waals surface area (Å²) >= 11 is 0. The van der Waals surface area contributed by atoms with Gasteiger partial charge in [-0.3, -0.25) is 4.79 Å². The van der Waals surface area contributed by atoms with Gasteiger partial charge >= 0.3 is 0 Å². The van der Waals surface area contributed by atoms with E-state index in [0.717, 1.165) is 25.7 Å². The van der Waals surface area contributed by atoms with Gasteiger partial charge in [-0.25, -0.2) is 0 Å². The SMILES string of the molecule is CC[C@H]1C(=O)C[C@H]2[C@@H]3CC[C@H]4C[C@H](O)[C@H](OC)C[C@]4(C)[C@H]3CC[C@]12C. The molecule has 142 valence electrons. The molecule has 0 spiro atoms. The van der Waals surface area contributed by atoms with Crippen LogP contribution < -0.4 is 0 Å². The second-order valence-corrected chi connectivity index (χ2v) is 10.1. The van der Waals surface area contributed by atoms with Crippen LogP contribution >= 0.6 is 0 Å². The van der Waals surface area contributed by atoms with E-state index >= 15 is 0 Å². The summed E-state index contributed by atoms with van der Waals surface area (Å²) in [5.41, 5.74) is 0.516. The van der Waals surface area contributed by atoms with Gasteiger partial charge in [0.25, 0.3) is 0 Å². The normalized spacial score (nSPS) is 55.4. The molecule has 0 aromatic heterocycles. The number of carbonyl (C=O) groups excluding carboxylic acids is 1. The number of hydrogen-bond donors (Lipinski definition) is 1. The smallest absolute Gasteiger partial charge is 0.136 e. The Kier molecular flexibility index (Phi) is 4.35. The number of carbonyl (C=O) groups is 1. The topological polar surface area (TPSA) is 46.5 Å². The van der Waals surface area contributed by atoms with E-state index in [1.807, 2.05) is 0 Å². The summed E-state index contributed by atoms with van der Waals surface area (Å²) in [4.78, 5) is 12.7. The van der Waals surface area contributed by atoms with Crippen LogP contribution in [0.5, 0.6) is 0 Å². The van der Waals surface area contributed by atoms with Gasteiger partial charge in [0.1, 0.15) is 5.78 Å². The van der Waals surface area contributed by atoms with Crippen molar-refractivity contribution in [1.29, 1.82) is 0 Å². The molecule has 0 saturated heterocycles. The Morgan fingerprint density at radius 2 is 1.92 bits per heavy atom. The number of ether oxygens (including phenoxy) is 1. The third-order valence-electron chi connectivity index (χ3n) is 9.42. The third kappa shape index (κ3) is 2.41. The highest BCUT2D eigenvalue weighted by molar-refractivity contribution is 5.84. The lowest BCUT2D eigenvalue weighted by molar-refractivity contribution is -0.165. The van der Waals surface area contributed by atoms with Gasteiger partial charge in [0.2, 0.25) is 0 Å². The minimum absolute atomic E-state index is 0.0121. The van der Waals surface area contributed by atoms with Crippen molar-refractivity contribution in [2.24, 2.45) is 40.4 Å². The Balaban J connectivity index is 1.64. The van der Waals surface area contributed by atoms with Gasteiger partial charge in [0.05, 0.1) is 12.2 Å². The minimum atomic E-state index is -0.300. The molecular formula is C22H36O3. The van der Waals surface area contributed by atoms with Crippen LogP contribution in [-0.2, 0) is 9.53 Å². The predicted octanol–water partition coefficient (Wildman–Crippen LogP) is 4.22. The fourth-order valence-corrected chi connectivity index (χ4v) is 8.08. The summed E-state index contributed by atoms with van der Waals surface area (Å²) < 4.78 is 5.65. The number of fused-ring (bicyclic) bond motifs is 5. The van der Waals surface area contributed by atoms with E-state index in [0.29, 0.717) is 35.4 Å². The molecule has 0 aromatic rings. The molecule has 0 bridgehead atoms. The number of ketones is 1. The van der Waals surface area contributed by atoms with Crippen LogP contribution in [-0.4, -0.2) is 30.2 Å². The zero-order chi connectivity index (χ0) is 18.0. The molecule has 0 radical (unpaired) electrons. The number of aliphatic hydroxyl groups excluding tert-OH is 1. The minimum Gasteiger partial charge on any atom is -0.390 e. The first kappa shape index (κ1) is 18.0. The second kappa shape index (κ2) is 6.05. The highest BCUT2D eigenvalue weighted by atomic mass is 16.5. The highest BCUT2D eigenvalue weighted by Gasteiger charge is 2.62. The van der Waals surface area contributed by atoms with E-state index in [4.69, 9.17) is 4.74 Å². The molecule has 9 atom stereocenters. The van der Waals surface area contributed by atoms with Gasteiger partial charge in [0.15, 0.2) is 0 Å². The predicted molar refractivity (Wildman–Crippen MR) is 98.1 cm³/mol. The van der Waals surface area contributed by atoms with E-state index in [-0.39, 0.29) is 23.0 Å². The van der Waals surface area contributed by atoms with Crippen LogP contribution in [0.1, 0.15) is 72.1 Å². The van der Waals surface area contributed by atoms with Crippen molar-refractivity contribution >= 4 is 5.78 Å². The number of methoxy groups -OCH3 is 1. The standard InChI is InChI=1S/C22H36O3/c1-5-15-18(23)11-17-14-7-6-13-10-19(24)20(25-4)12-22(13,3)16(14)8-9-21(15,17)2/h13-17,19-20,24H,5-12H2,1-4H3/t13-,14+,15-,16-,17-,19-,20+,21+,22-/m0/s1. The maximum Gasteiger partial charge on any atom is 0.136 e. The van der Waals surface area contributed by atoms with Crippen LogP contribution in [0.4, 0.5) is 0 Å². The van der Waals surface area contributed by atoms with E-state index < -0.39 is 0 Å². The fraction of sp³-hybridized carbons (Fsp3) is 0.955. The van der Waals surface area contributed by atoms with Crippen molar-refractivity contribution in [2.45, 2.75) is 84.3 Å². The van der Waals surface area contributed by atoms with Crippen LogP contribution in [0.25, 0.3) is 0 Å². The highest BCUT2D eigenvalue weighted by Crippen LogP contribution is 2.67. The Bertz CT molecular complexity index is 545. The molecule has 4 aliphatic rings. The molecule has 25 heavy (non-hydrogen) atoms. The molecular weight excluding hydrogens is 312 g/mol. The first-order valence-corrected chi connectivity index (χ1v) is 10.6. The largest absolute Gasteiger partial charge is 0.390 e. The van der Waals surface area contributed by atoms with Crippen molar-refractivity contribution < 1.29 is 14.6 Å². The molecule has 4 fully saturated rings. The zero-order valence-electron chi connectivity index (χ0n) is 16.5. The Labute approximate surface area is 152 Å². The van der Waals surface area contributed by atoms with Crippen molar-refractivity contribution in [3.05, 3.63) is 0 Å². The number of Topliss-reactive ketones (excluding diaryl/α,β-unsaturated/α-hetero) is 1. The third-order valence-corrected chi connectivity index (χ3v) is 9.42. The van der Waals surface area contributed by atoms with Crippen LogP contribution in [0.3, 0.4) is 0 Å². The van der Waals surface area contributed by atoms with Crippen LogP contribution in [0.15, 0.2) is 0 Å². The van der Waals surface area contributed by atoms with Gasteiger partial charge in [-0.15, -0.1) is 0 Å². The molecule has 4 aliphatic carbocycles. The van der Waals surface area contributed by atoms with Crippen LogP contribution in [0.2, 0.25) is 0 Å². The van der Waals surface area contributed by atoms with Gasteiger partial charge in [-0.2, -0.15) is 0 Å². The van der Waals surface area contributed by atoms with E-state index in [2.05, 4.69) is 20.8 Å². The number of hydrogen-bond acceptors (Lipinski definition) is 3. The van der Waals surface area contributed by atoms with Crippen LogP contribution in [0, 0.1) is 40.4 Å². The summed E-state index contributed by atoms with van der Waals surface area (Å²) in [7, 11) is 1.75. The summed E-state index contributed by atoms with van der Waals surface area (Å²) in [6, 6.07) is 0. The Hall–Kier alpha value is -0.410. The van der Waals surface area contributed by atoms with Crippen molar-refractivity contribution in [3.8, 4) is 0 Å². The van der Waals surface area contributed by atoms with Crippen molar-refractivity contribution in [2.75, 3.05) is 7.11 Å². The average Bonchev–Trinajstić information content (AvgIpc) is 2.84. The lowest BCUT2D eigenvalue weighted by atomic mass is 9.44. The van der Waals surface area contributed by atoms with E-state index in [1.54, 1.807) is 7.11 Å². The quantitative estimate of drug-likeness (QED) is 0.813. The molecule has 0 heterocycles. The first-order valence-electron chi connectivity index (χ1n) is 10.6. The summed E-state index contributed by atoms with van der Waals surface area (Å²) in [6.07, 6.45) is 8.39. The molecule has 4 rings (SSSR count). The number of rotatable bonds is 2. The van der Waals surface area contributed by atoms with E-state index in [1.165, 1.54) is 25.7 Å². The Morgan fingerprint density at radius 3 is 2.60 bits per heavy atom. The monoisotopic (exact) mass is 348 g/mol. The molecule has 4 saturated carbocycles. The molecule has 0 aromatic carbocycles. The molecule has 0 unspecified atom stereocenters. The first-order chi connectivity index (χ1) is 11.8. The summed E-state index contributed by atoms with van der Waals surface area (Å²) in [6.45, 7) is 7.10. The molecule has 3 heteroatoms. The lowest BCUT2D eigenvalue weighted by Gasteiger charge is -2.61. The summed E-state index contributed by atoms with van der Waals surface area (Å²) in [5.74, 6) is 3.46. The van der Waals surface area contributed by atoms with Gasteiger partial charge < -0.3 is 9.84 Å². The second-order valence-electron chi connectivity index (χ2n) is 10.1. The molecule has 0 aliphatic heterocycles. The Morgan fingerprint density at radius 1 is 1.16 bits per heavy atom. The molecule has 1 N–H and O–H groups in total. The maximum atomic E-state index is 12.7. The molecule has 0 amide bonds. The summed E-state index contributed by atoms with van der Waals surface area (Å²) in [5, 5.41) is 10.4. The lowest BCUT2D eigenvalue weighted by Crippen LogP contribution is -2.56. The average molecular weight is 349 g/mol. The number of aliphatic hydroxyl groups is 1. The van der Waals surface area contributed by atoms with Gasteiger partial charge in [0, 0.05) is 19.4 Å². The van der Waals surface area contributed by atoms with Gasteiger partial charge in [-0.1, -0.05) is 20.8 Å². The maximum absolute atomic E-state index is 12.7.